The largest absolute Gasteiger partial charge is 0.462 e. The molecule has 38 heavy (non-hydrogen) atoms. The first-order chi connectivity index (χ1) is 18.2. The van der Waals surface area contributed by atoms with Crippen molar-refractivity contribution in [2.24, 2.45) is 0 Å². The van der Waals surface area contributed by atoms with Crippen LogP contribution in [-0.2, 0) is 14.3 Å². The number of para-hydroxylation sites is 1. The van der Waals surface area contributed by atoms with Gasteiger partial charge in [0.2, 0.25) is 0 Å². The minimum atomic E-state index is -0.779. The van der Waals surface area contributed by atoms with Crippen molar-refractivity contribution in [2.75, 3.05) is 22.1 Å². The van der Waals surface area contributed by atoms with Crippen molar-refractivity contribution < 1.29 is 23.9 Å². The SMILES string of the molecule is CCCOC(=O)c1ccccc1N1C(=O)C(Cl)=C(Nc2cccc(C(=O)Nc3cc(C)cc(C)c3)c2)C1=O. The maximum Gasteiger partial charge on any atom is 0.340 e. The van der Waals surface area contributed by atoms with Crippen LogP contribution in [0.3, 0.4) is 0 Å². The number of carbonyl (C=O) groups excluding carboxylic acids is 4. The molecule has 0 fully saturated rings. The molecule has 0 spiro atoms. The number of amides is 3. The molecule has 194 valence electrons. The number of esters is 1. The van der Waals surface area contributed by atoms with Crippen LogP contribution in [-0.4, -0.2) is 30.3 Å². The lowest BCUT2D eigenvalue weighted by atomic mass is 10.1. The second-order valence-electron chi connectivity index (χ2n) is 8.82. The minimum Gasteiger partial charge on any atom is -0.462 e. The summed E-state index contributed by atoms with van der Waals surface area (Å²) < 4.78 is 5.20. The van der Waals surface area contributed by atoms with Gasteiger partial charge in [-0.2, -0.15) is 0 Å². The minimum absolute atomic E-state index is 0.0680. The van der Waals surface area contributed by atoms with Crippen molar-refractivity contribution in [1.29, 1.82) is 0 Å². The highest BCUT2D eigenvalue weighted by atomic mass is 35.5. The summed E-state index contributed by atoms with van der Waals surface area (Å²) in [6.45, 7) is 5.95. The van der Waals surface area contributed by atoms with Gasteiger partial charge in [0.25, 0.3) is 17.7 Å². The highest BCUT2D eigenvalue weighted by Crippen LogP contribution is 2.32. The Morgan fingerprint density at radius 2 is 1.61 bits per heavy atom. The van der Waals surface area contributed by atoms with Crippen LogP contribution in [0.1, 0.15) is 45.2 Å². The first kappa shape index (κ1) is 26.6. The number of anilines is 3. The monoisotopic (exact) mass is 531 g/mol. The zero-order chi connectivity index (χ0) is 27.4. The Morgan fingerprint density at radius 1 is 0.895 bits per heavy atom. The van der Waals surface area contributed by atoms with Crippen LogP contribution in [0.15, 0.2) is 77.5 Å². The molecule has 0 aromatic heterocycles. The molecule has 3 aromatic carbocycles. The van der Waals surface area contributed by atoms with Crippen LogP contribution >= 0.6 is 11.6 Å². The number of benzene rings is 3. The Hall–Kier alpha value is -4.43. The first-order valence-corrected chi connectivity index (χ1v) is 12.4. The smallest absolute Gasteiger partial charge is 0.340 e. The molecular formula is C29H26ClN3O5. The van der Waals surface area contributed by atoms with Crippen molar-refractivity contribution in [3.05, 3.63) is 99.7 Å². The van der Waals surface area contributed by atoms with Gasteiger partial charge in [-0.1, -0.05) is 42.8 Å². The van der Waals surface area contributed by atoms with E-state index in [1.165, 1.54) is 12.1 Å². The van der Waals surface area contributed by atoms with Gasteiger partial charge < -0.3 is 15.4 Å². The quantitative estimate of drug-likeness (QED) is 0.291. The van der Waals surface area contributed by atoms with Crippen LogP contribution in [0, 0.1) is 13.8 Å². The molecule has 2 N–H and O–H groups in total. The van der Waals surface area contributed by atoms with Crippen molar-refractivity contribution in [3.63, 3.8) is 0 Å². The molecule has 1 heterocycles. The van der Waals surface area contributed by atoms with E-state index in [9.17, 15) is 19.2 Å². The maximum atomic E-state index is 13.3. The Kier molecular flexibility index (Phi) is 7.93. The van der Waals surface area contributed by atoms with Crippen molar-refractivity contribution in [2.45, 2.75) is 27.2 Å². The highest BCUT2D eigenvalue weighted by molar-refractivity contribution is 6.53. The summed E-state index contributed by atoms with van der Waals surface area (Å²) in [6, 6.07) is 18.4. The third-order valence-corrected chi connectivity index (χ3v) is 6.05. The van der Waals surface area contributed by atoms with Crippen molar-refractivity contribution in [1.82, 2.24) is 0 Å². The fourth-order valence-corrected chi connectivity index (χ4v) is 4.29. The first-order valence-electron chi connectivity index (χ1n) is 12.0. The van der Waals surface area contributed by atoms with E-state index in [1.54, 1.807) is 36.4 Å². The summed E-state index contributed by atoms with van der Waals surface area (Å²) in [4.78, 5) is 52.6. The van der Waals surface area contributed by atoms with E-state index < -0.39 is 17.8 Å². The molecular weight excluding hydrogens is 506 g/mol. The third kappa shape index (κ3) is 5.60. The molecule has 1 aliphatic rings. The number of hydrogen-bond acceptors (Lipinski definition) is 6. The van der Waals surface area contributed by atoms with Gasteiger partial charge in [-0.15, -0.1) is 0 Å². The summed E-state index contributed by atoms with van der Waals surface area (Å²) in [7, 11) is 0. The van der Waals surface area contributed by atoms with Gasteiger partial charge in [0.1, 0.15) is 10.7 Å². The summed E-state index contributed by atoms with van der Waals surface area (Å²) >= 11 is 6.28. The number of ether oxygens (including phenoxy) is 1. The van der Waals surface area contributed by atoms with Crippen LogP contribution in [0.25, 0.3) is 0 Å². The molecule has 3 amide bonds. The van der Waals surface area contributed by atoms with E-state index in [-0.39, 0.29) is 34.5 Å². The molecule has 0 radical (unpaired) electrons. The Labute approximate surface area is 225 Å². The summed E-state index contributed by atoms with van der Waals surface area (Å²) in [6.07, 6.45) is 0.624. The molecule has 1 aliphatic heterocycles. The maximum absolute atomic E-state index is 13.3. The zero-order valence-corrected chi connectivity index (χ0v) is 21.9. The number of carbonyl (C=O) groups is 4. The lowest BCUT2D eigenvalue weighted by Gasteiger charge is -2.18. The molecule has 0 unspecified atom stereocenters. The van der Waals surface area contributed by atoms with E-state index in [1.807, 2.05) is 39.0 Å². The molecule has 9 heteroatoms. The second-order valence-corrected chi connectivity index (χ2v) is 9.20. The van der Waals surface area contributed by atoms with E-state index in [2.05, 4.69) is 10.6 Å². The zero-order valence-electron chi connectivity index (χ0n) is 21.1. The van der Waals surface area contributed by atoms with Gasteiger partial charge in [-0.3, -0.25) is 14.4 Å². The van der Waals surface area contributed by atoms with Gasteiger partial charge >= 0.3 is 5.97 Å². The van der Waals surface area contributed by atoms with Gasteiger partial charge in [0.15, 0.2) is 0 Å². The lowest BCUT2D eigenvalue weighted by molar-refractivity contribution is -0.120. The summed E-state index contributed by atoms with van der Waals surface area (Å²) in [5.74, 6) is -2.50. The number of halogens is 1. The van der Waals surface area contributed by atoms with Crippen LogP contribution in [0.5, 0.6) is 0 Å². The highest BCUT2D eigenvalue weighted by Gasteiger charge is 2.40. The van der Waals surface area contributed by atoms with Gasteiger partial charge in [0.05, 0.1) is 17.9 Å². The standard InChI is InChI=1S/C29H26ClN3O5/c1-4-12-38-29(37)22-10-5-6-11-23(22)33-27(35)24(30)25(28(33)36)31-20-9-7-8-19(16-20)26(34)32-21-14-17(2)13-18(3)15-21/h5-11,13-16,31H,4,12H2,1-3H3,(H,32,34). The molecule has 3 aromatic rings. The van der Waals surface area contributed by atoms with Crippen molar-refractivity contribution in [3.8, 4) is 0 Å². The fourth-order valence-electron chi connectivity index (χ4n) is 4.08. The van der Waals surface area contributed by atoms with Gasteiger partial charge in [-0.05, 0) is 73.9 Å². The average molecular weight is 532 g/mol. The summed E-state index contributed by atoms with van der Waals surface area (Å²) in [5.41, 5.74) is 3.39. The molecule has 0 aliphatic carbocycles. The summed E-state index contributed by atoms with van der Waals surface area (Å²) in [5, 5.41) is 5.40. The Morgan fingerprint density at radius 3 is 2.32 bits per heavy atom. The number of rotatable bonds is 8. The number of aryl methyl sites for hydroxylation is 2. The van der Waals surface area contributed by atoms with Crippen molar-refractivity contribution >= 4 is 52.4 Å². The lowest BCUT2D eigenvalue weighted by Crippen LogP contribution is -2.33. The van der Waals surface area contributed by atoms with E-state index in [0.29, 0.717) is 23.4 Å². The van der Waals surface area contributed by atoms with Gasteiger partial charge in [-0.25, -0.2) is 9.69 Å². The number of hydrogen-bond donors (Lipinski definition) is 2. The molecule has 4 rings (SSSR count). The van der Waals surface area contributed by atoms with E-state index >= 15 is 0 Å². The van der Waals surface area contributed by atoms with E-state index in [0.717, 1.165) is 16.0 Å². The Bertz CT molecular complexity index is 1460. The molecule has 0 saturated heterocycles. The normalized spacial score (nSPS) is 13.1. The Balaban J connectivity index is 1.56. The third-order valence-electron chi connectivity index (χ3n) is 5.70. The van der Waals surface area contributed by atoms with E-state index in [4.69, 9.17) is 16.3 Å². The van der Waals surface area contributed by atoms with Crippen LogP contribution in [0.4, 0.5) is 17.1 Å². The number of imide groups is 1. The molecule has 0 atom stereocenters. The van der Waals surface area contributed by atoms with Crippen LogP contribution < -0.4 is 15.5 Å². The van der Waals surface area contributed by atoms with Crippen LogP contribution in [0.2, 0.25) is 0 Å². The average Bonchev–Trinajstić information content (AvgIpc) is 3.09. The topological polar surface area (TPSA) is 105 Å². The predicted octanol–water partition coefficient (Wildman–Crippen LogP) is 5.56. The number of nitrogens with zero attached hydrogens (tertiary/aromatic N) is 1. The molecule has 0 saturated carbocycles. The fraction of sp³-hybridized carbons (Fsp3) is 0.172. The second kappa shape index (κ2) is 11.3. The van der Waals surface area contributed by atoms with Gasteiger partial charge in [0, 0.05) is 16.9 Å². The molecule has 0 bridgehead atoms. The number of nitrogens with one attached hydrogen (secondary N) is 2. The predicted molar refractivity (Wildman–Crippen MR) is 146 cm³/mol. The molecule has 8 nitrogen and oxygen atoms in total.